The Kier molecular flexibility index (Phi) is 8.27. The fraction of sp³-hybridized carbons (Fsp3) is 0.417. The highest BCUT2D eigenvalue weighted by atomic mass is 16.5. The van der Waals surface area contributed by atoms with Gasteiger partial charge in [0.15, 0.2) is 0 Å². The maximum absolute atomic E-state index is 12.4. The van der Waals surface area contributed by atoms with Crippen molar-refractivity contribution in [3.05, 3.63) is 65.7 Å². The number of ether oxygens (including phenoxy) is 1. The predicted octanol–water partition coefficient (Wildman–Crippen LogP) is 2.70. The van der Waals surface area contributed by atoms with Crippen molar-refractivity contribution in [3.8, 4) is 5.75 Å². The Morgan fingerprint density at radius 2 is 1.77 bits per heavy atom. The Hall–Kier alpha value is -2.86. The minimum absolute atomic E-state index is 0.0536. The van der Waals surface area contributed by atoms with Crippen LogP contribution in [0.5, 0.6) is 5.75 Å². The van der Waals surface area contributed by atoms with Crippen molar-refractivity contribution in [1.82, 2.24) is 15.5 Å². The van der Waals surface area contributed by atoms with Gasteiger partial charge in [-0.25, -0.2) is 0 Å². The minimum atomic E-state index is -0.0691. The zero-order valence-electron chi connectivity index (χ0n) is 17.6. The third-order valence-electron chi connectivity index (χ3n) is 5.43. The summed E-state index contributed by atoms with van der Waals surface area (Å²) in [6.07, 6.45) is 2.96. The van der Waals surface area contributed by atoms with Crippen molar-refractivity contribution < 1.29 is 14.3 Å². The van der Waals surface area contributed by atoms with Gasteiger partial charge in [-0.3, -0.25) is 14.5 Å². The monoisotopic (exact) mass is 409 g/mol. The smallest absolute Gasteiger partial charge is 0.224 e. The van der Waals surface area contributed by atoms with Crippen LogP contribution in [0.4, 0.5) is 0 Å². The van der Waals surface area contributed by atoms with Gasteiger partial charge in [0.05, 0.1) is 19.6 Å². The molecule has 6 heteroatoms. The van der Waals surface area contributed by atoms with E-state index in [1.54, 1.807) is 7.11 Å². The van der Waals surface area contributed by atoms with Crippen molar-refractivity contribution in [1.29, 1.82) is 0 Å². The van der Waals surface area contributed by atoms with Gasteiger partial charge in [0, 0.05) is 19.5 Å². The lowest BCUT2D eigenvalue weighted by atomic mass is 10.0. The summed E-state index contributed by atoms with van der Waals surface area (Å²) in [5, 5.41) is 5.87. The summed E-state index contributed by atoms with van der Waals surface area (Å²) in [7, 11) is 1.66. The molecule has 0 aromatic heterocycles. The molecule has 2 aromatic rings. The number of hydrogen-bond donors (Lipinski definition) is 2. The van der Waals surface area contributed by atoms with Gasteiger partial charge < -0.3 is 15.4 Å². The maximum Gasteiger partial charge on any atom is 0.224 e. The van der Waals surface area contributed by atoms with Crippen LogP contribution in [0.15, 0.2) is 54.6 Å². The molecule has 1 heterocycles. The lowest BCUT2D eigenvalue weighted by Gasteiger charge is -2.28. The third kappa shape index (κ3) is 6.59. The molecule has 1 atom stereocenters. The Bertz CT molecular complexity index is 819. The highest BCUT2D eigenvalue weighted by Crippen LogP contribution is 2.27. The van der Waals surface area contributed by atoms with E-state index in [0.717, 1.165) is 30.0 Å². The fourth-order valence-electron chi connectivity index (χ4n) is 3.82. The molecule has 3 rings (SSSR count). The standard InChI is InChI=1S/C24H31N3O3/c1-30-21-11-7-10-20(17-21)22(27-14-5-6-15-27)18-26-23(28)12-13-25-24(29)16-19-8-3-2-4-9-19/h2-4,7-11,17,22H,5-6,12-16,18H2,1H3,(H,25,29)(H,26,28). The average molecular weight is 410 g/mol. The minimum Gasteiger partial charge on any atom is -0.497 e. The molecule has 0 radical (unpaired) electrons. The first-order valence-corrected chi connectivity index (χ1v) is 10.6. The predicted molar refractivity (Wildman–Crippen MR) is 117 cm³/mol. The quantitative estimate of drug-likeness (QED) is 0.633. The van der Waals surface area contributed by atoms with Gasteiger partial charge in [-0.1, -0.05) is 42.5 Å². The summed E-state index contributed by atoms with van der Waals surface area (Å²) in [5.74, 6) is 0.701. The van der Waals surface area contributed by atoms with E-state index >= 15 is 0 Å². The van der Waals surface area contributed by atoms with E-state index in [-0.39, 0.29) is 24.3 Å². The second-order valence-electron chi connectivity index (χ2n) is 7.60. The number of carbonyl (C=O) groups excluding carboxylic acids is 2. The van der Waals surface area contributed by atoms with Crippen molar-refractivity contribution >= 4 is 11.8 Å². The lowest BCUT2D eigenvalue weighted by molar-refractivity contribution is -0.122. The zero-order valence-corrected chi connectivity index (χ0v) is 17.6. The molecule has 0 saturated carbocycles. The molecule has 1 saturated heterocycles. The highest BCUT2D eigenvalue weighted by molar-refractivity contribution is 5.80. The second-order valence-corrected chi connectivity index (χ2v) is 7.60. The Labute approximate surface area is 178 Å². The second kappa shape index (κ2) is 11.4. The number of methoxy groups -OCH3 is 1. The van der Waals surface area contributed by atoms with Crippen LogP contribution < -0.4 is 15.4 Å². The molecule has 1 aliphatic heterocycles. The number of likely N-dealkylation sites (tertiary alicyclic amines) is 1. The summed E-state index contributed by atoms with van der Waals surface area (Å²) >= 11 is 0. The Balaban J connectivity index is 1.46. The van der Waals surface area contributed by atoms with E-state index in [9.17, 15) is 9.59 Å². The number of nitrogens with zero attached hydrogens (tertiary/aromatic N) is 1. The van der Waals surface area contributed by atoms with Crippen molar-refractivity contribution in [2.24, 2.45) is 0 Å². The molecule has 1 unspecified atom stereocenters. The van der Waals surface area contributed by atoms with Gasteiger partial charge in [-0.2, -0.15) is 0 Å². The number of nitrogens with one attached hydrogen (secondary N) is 2. The number of hydrogen-bond acceptors (Lipinski definition) is 4. The molecular formula is C24H31N3O3. The van der Waals surface area contributed by atoms with Crippen LogP contribution in [-0.4, -0.2) is 50.0 Å². The van der Waals surface area contributed by atoms with Crippen LogP contribution in [-0.2, 0) is 16.0 Å². The van der Waals surface area contributed by atoms with Crippen LogP contribution in [0.25, 0.3) is 0 Å². The topological polar surface area (TPSA) is 70.7 Å². The third-order valence-corrected chi connectivity index (χ3v) is 5.43. The molecular weight excluding hydrogens is 378 g/mol. The first kappa shape index (κ1) is 21.8. The van der Waals surface area contributed by atoms with E-state index in [1.165, 1.54) is 12.8 Å². The van der Waals surface area contributed by atoms with E-state index in [1.807, 2.05) is 48.5 Å². The van der Waals surface area contributed by atoms with Crippen LogP contribution in [0.2, 0.25) is 0 Å². The van der Waals surface area contributed by atoms with Crippen molar-refractivity contribution in [2.45, 2.75) is 31.7 Å². The van der Waals surface area contributed by atoms with E-state index < -0.39 is 0 Å². The molecule has 1 fully saturated rings. The number of benzene rings is 2. The van der Waals surface area contributed by atoms with Crippen molar-refractivity contribution in [3.63, 3.8) is 0 Å². The number of carbonyl (C=O) groups is 2. The number of amides is 2. The largest absolute Gasteiger partial charge is 0.497 e. The van der Waals surface area contributed by atoms with Gasteiger partial charge >= 0.3 is 0 Å². The molecule has 0 aliphatic carbocycles. The summed E-state index contributed by atoms with van der Waals surface area (Å²) in [5.41, 5.74) is 2.11. The van der Waals surface area contributed by atoms with Crippen LogP contribution in [0.1, 0.15) is 36.4 Å². The van der Waals surface area contributed by atoms with Gasteiger partial charge in [0.25, 0.3) is 0 Å². The molecule has 1 aliphatic rings. The molecule has 6 nitrogen and oxygen atoms in total. The maximum atomic E-state index is 12.4. The molecule has 30 heavy (non-hydrogen) atoms. The van der Waals surface area contributed by atoms with Crippen LogP contribution in [0.3, 0.4) is 0 Å². The van der Waals surface area contributed by atoms with E-state index in [4.69, 9.17) is 4.74 Å². The molecule has 2 N–H and O–H groups in total. The first-order chi connectivity index (χ1) is 14.7. The van der Waals surface area contributed by atoms with Gasteiger partial charge in [0.1, 0.15) is 5.75 Å². The SMILES string of the molecule is COc1cccc(C(CNC(=O)CCNC(=O)Cc2ccccc2)N2CCCC2)c1. The zero-order chi connectivity index (χ0) is 21.2. The number of rotatable bonds is 10. The molecule has 0 bridgehead atoms. The highest BCUT2D eigenvalue weighted by Gasteiger charge is 2.24. The summed E-state index contributed by atoms with van der Waals surface area (Å²) in [6.45, 7) is 2.95. The molecule has 2 aromatic carbocycles. The van der Waals surface area contributed by atoms with E-state index in [0.29, 0.717) is 19.5 Å². The molecule has 160 valence electrons. The normalized spacial score (nSPS) is 14.8. The summed E-state index contributed by atoms with van der Waals surface area (Å²) in [6, 6.07) is 17.8. The van der Waals surface area contributed by atoms with Gasteiger partial charge in [-0.15, -0.1) is 0 Å². The Morgan fingerprint density at radius 3 is 2.50 bits per heavy atom. The molecule has 0 spiro atoms. The van der Waals surface area contributed by atoms with Crippen LogP contribution >= 0.6 is 0 Å². The summed E-state index contributed by atoms with van der Waals surface area (Å²) < 4.78 is 5.37. The summed E-state index contributed by atoms with van der Waals surface area (Å²) in [4.78, 5) is 26.8. The first-order valence-electron chi connectivity index (χ1n) is 10.6. The van der Waals surface area contributed by atoms with Gasteiger partial charge in [0.2, 0.25) is 11.8 Å². The van der Waals surface area contributed by atoms with Crippen molar-refractivity contribution in [2.75, 3.05) is 33.3 Å². The molecule has 2 amide bonds. The van der Waals surface area contributed by atoms with Crippen LogP contribution in [0, 0.1) is 0 Å². The van der Waals surface area contributed by atoms with Gasteiger partial charge in [-0.05, 0) is 49.2 Å². The van der Waals surface area contributed by atoms with E-state index in [2.05, 4.69) is 21.6 Å². The lowest BCUT2D eigenvalue weighted by Crippen LogP contribution is -2.38. The average Bonchev–Trinajstić information content (AvgIpc) is 3.29. The fourth-order valence-corrected chi connectivity index (χ4v) is 3.82. The Morgan fingerprint density at radius 1 is 1.00 bits per heavy atom.